The average Bonchev–Trinajstić information content (AvgIpc) is 2.57. The van der Waals surface area contributed by atoms with Gasteiger partial charge in [-0.05, 0) is 37.1 Å². The Balaban J connectivity index is 1.97. The Bertz CT molecular complexity index is 343. The second kappa shape index (κ2) is 6.80. The Labute approximate surface area is 109 Å². The van der Waals surface area contributed by atoms with Crippen molar-refractivity contribution in [2.45, 2.75) is 25.7 Å². The van der Waals surface area contributed by atoms with E-state index in [1.807, 2.05) is 6.07 Å². The topological polar surface area (TPSA) is 12.5 Å². The van der Waals surface area contributed by atoms with Crippen LogP contribution in [0.4, 0.5) is 5.69 Å². The Morgan fingerprint density at radius 3 is 2.94 bits per heavy atom. The number of fused-ring (bicyclic) bond motifs is 1. The predicted octanol–water partition coefficient (Wildman–Crippen LogP) is 3.38. The number of rotatable bonds is 5. The van der Waals surface area contributed by atoms with Gasteiger partial charge in [-0.2, -0.15) is 12.6 Å². The monoisotopic (exact) mass is 251 g/mol. The molecule has 0 bridgehead atoms. The lowest BCUT2D eigenvalue weighted by Gasteiger charge is -2.23. The SMILES string of the molecule is SCCCCCN1CCCOc2ccccc21. The lowest BCUT2D eigenvalue weighted by Crippen LogP contribution is -2.25. The van der Waals surface area contributed by atoms with Crippen LogP contribution in [0, 0.1) is 0 Å². The maximum atomic E-state index is 5.75. The molecule has 1 aromatic rings. The van der Waals surface area contributed by atoms with Crippen molar-refractivity contribution in [3.63, 3.8) is 0 Å². The molecule has 1 heterocycles. The van der Waals surface area contributed by atoms with Crippen LogP contribution in [-0.2, 0) is 0 Å². The van der Waals surface area contributed by atoms with Crippen LogP contribution in [0.1, 0.15) is 25.7 Å². The third-order valence-electron chi connectivity index (χ3n) is 3.12. The van der Waals surface area contributed by atoms with Crippen LogP contribution in [0.15, 0.2) is 24.3 Å². The summed E-state index contributed by atoms with van der Waals surface area (Å²) in [5.74, 6) is 2.04. The molecular formula is C14H21NOS. The van der Waals surface area contributed by atoms with E-state index in [2.05, 4.69) is 35.7 Å². The fraction of sp³-hybridized carbons (Fsp3) is 0.571. The molecule has 0 saturated heterocycles. The number of anilines is 1. The lowest BCUT2D eigenvalue weighted by molar-refractivity contribution is 0.322. The molecule has 0 atom stereocenters. The predicted molar refractivity (Wildman–Crippen MR) is 76.5 cm³/mol. The lowest BCUT2D eigenvalue weighted by atomic mass is 10.2. The number of para-hydroxylation sites is 2. The fourth-order valence-electron chi connectivity index (χ4n) is 2.22. The first-order valence-electron chi connectivity index (χ1n) is 6.49. The van der Waals surface area contributed by atoms with Crippen molar-refractivity contribution in [1.29, 1.82) is 0 Å². The highest BCUT2D eigenvalue weighted by Crippen LogP contribution is 2.30. The normalized spacial score (nSPS) is 15.0. The van der Waals surface area contributed by atoms with E-state index in [0.717, 1.165) is 37.6 Å². The minimum Gasteiger partial charge on any atom is -0.491 e. The van der Waals surface area contributed by atoms with E-state index in [1.165, 1.54) is 24.9 Å². The summed E-state index contributed by atoms with van der Waals surface area (Å²) in [4.78, 5) is 2.46. The van der Waals surface area contributed by atoms with Crippen molar-refractivity contribution in [3.05, 3.63) is 24.3 Å². The van der Waals surface area contributed by atoms with Crippen molar-refractivity contribution in [1.82, 2.24) is 0 Å². The second-order valence-corrected chi connectivity index (χ2v) is 4.89. The molecule has 0 aromatic heterocycles. The van der Waals surface area contributed by atoms with Crippen LogP contribution in [0.25, 0.3) is 0 Å². The van der Waals surface area contributed by atoms with Crippen molar-refractivity contribution >= 4 is 18.3 Å². The molecule has 1 aromatic carbocycles. The van der Waals surface area contributed by atoms with Crippen LogP contribution in [0.5, 0.6) is 5.75 Å². The zero-order valence-electron chi connectivity index (χ0n) is 10.3. The molecular weight excluding hydrogens is 230 g/mol. The Morgan fingerprint density at radius 2 is 2.06 bits per heavy atom. The molecule has 0 radical (unpaired) electrons. The summed E-state index contributed by atoms with van der Waals surface area (Å²) in [6.45, 7) is 3.08. The Hall–Kier alpha value is -0.830. The zero-order valence-corrected chi connectivity index (χ0v) is 11.2. The highest BCUT2D eigenvalue weighted by molar-refractivity contribution is 7.80. The van der Waals surface area contributed by atoms with E-state index in [4.69, 9.17) is 4.74 Å². The number of benzene rings is 1. The molecule has 0 N–H and O–H groups in total. The standard InChI is InChI=1S/C14H21NOS/c17-12-5-1-4-9-15-10-6-11-16-14-8-3-2-7-13(14)15/h2-3,7-8,17H,1,4-6,9-12H2. The smallest absolute Gasteiger partial charge is 0.142 e. The molecule has 17 heavy (non-hydrogen) atoms. The molecule has 2 nitrogen and oxygen atoms in total. The summed E-state index contributed by atoms with van der Waals surface area (Å²) in [7, 11) is 0. The van der Waals surface area contributed by atoms with Crippen molar-refractivity contribution in [3.8, 4) is 5.75 Å². The summed E-state index contributed by atoms with van der Waals surface area (Å²) >= 11 is 4.25. The largest absolute Gasteiger partial charge is 0.491 e. The first-order valence-corrected chi connectivity index (χ1v) is 7.12. The van der Waals surface area contributed by atoms with E-state index in [1.54, 1.807) is 0 Å². The van der Waals surface area contributed by atoms with Gasteiger partial charge in [-0.1, -0.05) is 18.6 Å². The average molecular weight is 251 g/mol. The minimum atomic E-state index is 0.837. The van der Waals surface area contributed by atoms with E-state index in [0.29, 0.717) is 0 Å². The van der Waals surface area contributed by atoms with E-state index >= 15 is 0 Å². The molecule has 0 spiro atoms. The Kier molecular flexibility index (Phi) is 5.05. The highest BCUT2D eigenvalue weighted by Gasteiger charge is 2.14. The van der Waals surface area contributed by atoms with Gasteiger partial charge in [0.05, 0.1) is 12.3 Å². The summed E-state index contributed by atoms with van der Waals surface area (Å²) in [6.07, 6.45) is 4.84. The summed E-state index contributed by atoms with van der Waals surface area (Å²) in [5.41, 5.74) is 1.26. The first-order chi connectivity index (χ1) is 8.42. The summed E-state index contributed by atoms with van der Waals surface area (Å²) in [6, 6.07) is 8.37. The second-order valence-electron chi connectivity index (χ2n) is 4.44. The molecule has 3 heteroatoms. The molecule has 2 rings (SSSR count). The fourth-order valence-corrected chi connectivity index (χ4v) is 2.45. The van der Waals surface area contributed by atoms with Gasteiger partial charge in [-0.15, -0.1) is 0 Å². The molecule has 0 saturated carbocycles. The van der Waals surface area contributed by atoms with Crippen molar-refractivity contribution in [2.75, 3.05) is 30.3 Å². The molecule has 1 aliphatic heterocycles. The Morgan fingerprint density at radius 1 is 1.18 bits per heavy atom. The molecule has 1 aliphatic rings. The van der Waals surface area contributed by atoms with Crippen LogP contribution in [0.2, 0.25) is 0 Å². The van der Waals surface area contributed by atoms with E-state index in [-0.39, 0.29) is 0 Å². The van der Waals surface area contributed by atoms with Crippen LogP contribution in [0.3, 0.4) is 0 Å². The summed E-state index contributed by atoms with van der Waals surface area (Å²) < 4.78 is 5.75. The number of hydrogen-bond acceptors (Lipinski definition) is 3. The third kappa shape index (κ3) is 3.56. The van der Waals surface area contributed by atoms with Crippen molar-refractivity contribution in [2.24, 2.45) is 0 Å². The van der Waals surface area contributed by atoms with Crippen LogP contribution >= 0.6 is 12.6 Å². The quantitative estimate of drug-likeness (QED) is 0.636. The van der Waals surface area contributed by atoms with Gasteiger partial charge in [0.1, 0.15) is 5.75 Å². The number of unbranched alkanes of at least 4 members (excludes halogenated alkanes) is 2. The number of nitrogens with zero attached hydrogens (tertiary/aromatic N) is 1. The number of ether oxygens (including phenoxy) is 1. The first kappa shape index (κ1) is 12.6. The van der Waals surface area contributed by atoms with Crippen LogP contribution in [-0.4, -0.2) is 25.4 Å². The van der Waals surface area contributed by atoms with Gasteiger partial charge < -0.3 is 9.64 Å². The van der Waals surface area contributed by atoms with Gasteiger partial charge in [0.25, 0.3) is 0 Å². The van der Waals surface area contributed by atoms with Gasteiger partial charge in [0, 0.05) is 13.1 Å². The van der Waals surface area contributed by atoms with Crippen LogP contribution < -0.4 is 9.64 Å². The maximum Gasteiger partial charge on any atom is 0.142 e. The van der Waals surface area contributed by atoms with Gasteiger partial charge in [0.15, 0.2) is 0 Å². The molecule has 0 fully saturated rings. The van der Waals surface area contributed by atoms with Crippen molar-refractivity contribution < 1.29 is 4.74 Å². The zero-order chi connectivity index (χ0) is 11.9. The highest BCUT2D eigenvalue weighted by atomic mass is 32.1. The van der Waals surface area contributed by atoms with Gasteiger partial charge >= 0.3 is 0 Å². The van der Waals surface area contributed by atoms with E-state index < -0.39 is 0 Å². The summed E-state index contributed by atoms with van der Waals surface area (Å²) in [5, 5.41) is 0. The number of thiol groups is 1. The molecule has 0 aliphatic carbocycles. The molecule has 0 amide bonds. The van der Waals surface area contributed by atoms with Gasteiger partial charge in [-0.3, -0.25) is 0 Å². The molecule has 0 unspecified atom stereocenters. The van der Waals surface area contributed by atoms with E-state index in [9.17, 15) is 0 Å². The minimum absolute atomic E-state index is 0.837. The third-order valence-corrected chi connectivity index (χ3v) is 3.44. The van der Waals surface area contributed by atoms with Gasteiger partial charge in [0.2, 0.25) is 0 Å². The number of hydrogen-bond donors (Lipinski definition) is 1. The molecule has 94 valence electrons. The maximum absolute atomic E-state index is 5.75. The van der Waals surface area contributed by atoms with Gasteiger partial charge in [-0.25, -0.2) is 0 Å².